The molecule has 0 aliphatic rings. The van der Waals surface area contributed by atoms with Crippen LogP contribution in [0.25, 0.3) is 0 Å². The maximum Gasteiger partial charge on any atom is 0.306 e. The van der Waals surface area contributed by atoms with Gasteiger partial charge in [-0.25, -0.2) is 0 Å². The summed E-state index contributed by atoms with van der Waals surface area (Å²) in [5.41, 5.74) is 2.75. The lowest BCUT2D eigenvalue weighted by Gasteiger charge is -2.14. The third-order valence-corrected chi connectivity index (χ3v) is 4.34. The minimum atomic E-state index is -0.877. The van der Waals surface area contributed by atoms with E-state index >= 15 is 0 Å². The first-order chi connectivity index (χ1) is 13.4. The van der Waals surface area contributed by atoms with E-state index in [4.69, 9.17) is 14.2 Å². The van der Waals surface area contributed by atoms with Crippen molar-refractivity contribution in [3.8, 4) is 11.5 Å². The zero-order chi connectivity index (χ0) is 20.5. The van der Waals surface area contributed by atoms with Crippen LogP contribution in [0, 0.1) is 0 Å². The van der Waals surface area contributed by atoms with Gasteiger partial charge in [0.1, 0.15) is 11.5 Å². The highest BCUT2D eigenvalue weighted by Gasteiger charge is 2.18. The molecule has 0 saturated carbocycles. The van der Waals surface area contributed by atoms with Crippen molar-refractivity contribution in [3.63, 3.8) is 0 Å². The van der Waals surface area contributed by atoms with Gasteiger partial charge in [0, 0.05) is 18.2 Å². The first-order valence-corrected chi connectivity index (χ1v) is 9.26. The fourth-order valence-corrected chi connectivity index (χ4v) is 2.63. The number of anilines is 1. The molecule has 0 heterocycles. The van der Waals surface area contributed by atoms with E-state index in [2.05, 4.69) is 12.2 Å². The van der Waals surface area contributed by atoms with Crippen LogP contribution in [0.5, 0.6) is 11.5 Å². The van der Waals surface area contributed by atoms with Gasteiger partial charge in [-0.3, -0.25) is 9.59 Å². The van der Waals surface area contributed by atoms with E-state index in [-0.39, 0.29) is 12.3 Å². The van der Waals surface area contributed by atoms with Crippen LogP contribution in [0.4, 0.5) is 5.69 Å². The van der Waals surface area contributed by atoms with Gasteiger partial charge in [0.2, 0.25) is 0 Å². The topological polar surface area (TPSA) is 73.9 Å². The molecule has 2 aromatic carbocycles. The number of carbonyl (C=O) groups is 2. The van der Waals surface area contributed by atoms with Gasteiger partial charge in [0.05, 0.1) is 14.2 Å². The minimum absolute atomic E-state index is 0.152. The molecule has 1 unspecified atom stereocenters. The second kappa shape index (κ2) is 10.3. The van der Waals surface area contributed by atoms with Gasteiger partial charge in [0.15, 0.2) is 6.10 Å². The van der Waals surface area contributed by atoms with Crippen LogP contribution in [0.1, 0.15) is 31.4 Å². The first-order valence-electron chi connectivity index (χ1n) is 9.26. The molecule has 0 bridgehead atoms. The number of hydrogen-bond acceptors (Lipinski definition) is 5. The number of carbonyl (C=O) groups excluding carboxylic acids is 2. The Labute approximate surface area is 165 Å². The molecule has 1 amide bonds. The maximum absolute atomic E-state index is 12.2. The van der Waals surface area contributed by atoms with Crippen molar-refractivity contribution in [2.75, 3.05) is 19.5 Å². The molecule has 2 rings (SSSR count). The van der Waals surface area contributed by atoms with Crippen LogP contribution in [0.3, 0.4) is 0 Å². The van der Waals surface area contributed by atoms with Crippen molar-refractivity contribution in [2.24, 2.45) is 0 Å². The predicted molar refractivity (Wildman–Crippen MR) is 108 cm³/mol. The van der Waals surface area contributed by atoms with Gasteiger partial charge in [-0.15, -0.1) is 0 Å². The summed E-state index contributed by atoms with van der Waals surface area (Å²) in [5, 5.41) is 2.75. The standard InChI is InChI=1S/C22H27NO5/c1-5-16-6-9-18(10-7-16)23-22(25)15(2)28-21(24)11-8-17-12-19(26-3)14-20(13-17)27-4/h6-7,9-10,12-15H,5,8,11H2,1-4H3,(H,23,25). The lowest BCUT2D eigenvalue weighted by molar-refractivity contribution is -0.153. The number of nitrogens with one attached hydrogen (secondary N) is 1. The Hall–Kier alpha value is -3.02. The van der Waals surface area contributed by atoms with Gasteiger partial charge >= 0.3 is 5.97 Å². The SMILES string of the molecule is CCc1ccc(NC(=O)C(C)OC(=O)CCc2cc(OC)cc(OC)c2)cc1. The monoisotopic (exact) mass is 385 g/mol. The first kappa shape index (κ1) is 21.3. The fraction of sp³-hybridized carbons (Fsp3) is 0.364. The summed E-state index contributed by atoms with van der Waals surface area (Å²) >= 11 is 0. The Balaban J connectivity index is 1.85. The number of aryl methyl sites for hydroxylation is 2. The number of amides is 1. The normalized spacial score (nSPS) is 11.4. The van der Waals surface area contributed by atoms with E-state index < -0.39 is 12.1 Å². The van der Waals surface area contributed by atoms with Crippen LogP contribution in [-0.4, -0.2) is 32.2 Å². The van der Waals surface area contributed by atoms with Gasteiger partial charge in [-0.2, -0.15) is 0 Å². The number of hydrogen-bond donors (Lipinski definition) is 1. The smallest absolute Gasteiger partial charge is 0.306 e. The van der Waals surface area contributed by atoms with Crippen LogP contribution < -0.4 is 14.8 Å². The summed E-state index contributed by atoms with van der Waals surface area (Å²) in [7, 11) is 3.14. The molecule has 6 heteroatoms. The molecule has 0 aromatic heterocycles. The van der Waals surface area contributed by atoms with Gasteiger partial charge in [-0.1, -0.05) is 19.1 Å². The quantitative estimate of drug-likeness (QED) is 0.665. The minimum Gasteiger partial charge on any atom is -0.497 e. The van der Waals surface area contributed by atoms with E-state index in [1.54, 1.807) is 27.2 Å². The highest BCUT2D eigenvalue weighted by molar-refractivity contribution is 5.95. The molecule has 0 aliphatic heterocycles. The molecule has 150 valence electrons. The van der Waals surface area contributed by atoms with Crippen LogP contribution >= 0.6 is 0 Å². The molecule has 6 nitrogen and oxygen atoms in total. The molecule has 0 radical (unpaired) electrons. The fourth-order valence-electron chi connectivity index (χ4n) is 2.63. The molecule has 0 aliphatic carbocycles. The number of ether oxygens (including phenoxy) is 3. The zero-order valence-corrected chi connectivity index (χ0v) is 16.8. The molecule has 1 N–H and O–H groups in total. The van der Waals surface area contributed by atoms with E-state index in [1.807, 2.05) is 36.4 Å². The number of methoxy groups -OCH3 is 2. The van der Waals surface area contributed by atoms with Crippen molar-refractivity contribution in [2.45, 2.75) is 39.2 Å². The highest BCUT2D eigenvalue weighted by Crippen LogP contribution is 2.23. The second-order valence-corrected chi connectivity index (χ2v) is 6.39. The summed E-state index contributed by atoms with van der Waals surface area (Å²) in [6, 6.07) is 13.0. The van der Waals surface area contributed by atoms with Crippen LogP contribution in [0.2, 0.25) is 0 Å². The molecule has 2 aromatic rings. The van der Waals surface area contributed by atoms with Crippen molar-refractivity contribution < 1.29 is 23.8 Å². The second-order valence-electron chi connectivity index (χ2n) is 6.39. The third kappa shape index (κ3) is 6.30. The third-order valence-electron chi connectivity index (χ3n) is 4.34. The number of rotatable bonds is 9. The van der Waals surface area contributed by atoms with Crippen molar-refractivity contribution in [3.05, 3.63) is 53.6 Å². The maximum atomic E-state index is 12.2. The lowest BCUT2D eigenvalue weighted by atomic mass is 10.1. The van der Waals surface area contributed by atoms with Crippen molar-refractivity contribution >= 4 is 17.6 Å². The molecule has 0 fully saturated rings. The van der Waals surface area contributed by atoms with Crippen LogP contribution in [-0.2, 0) is 27.2 Å². The molecular weight excluding hydrogens is 358 g/mol. The molecule has 0 spiro atoms. The number of esters is 1. The molecule has 28 heavy (non-hydrogen) atoms. The summed E-state index contributed by atoms with van der Waals surface area (Å²) in [4.78, 5) is 24.3. The Bertz CT molecular complexity index is 779. The van der Waals surface area contributed by atoms with Crippen molar-refractivity contribution in [1.29, 1.82) is 0 Å². The van der Waals surface area contributed by atoms with E-state index in [0.29, 0.717) is 23.6 Å². The largest absolute Gasteiger partial charge is 0.497 e. The average molecular weight is 385 g/mol. The summed E-state index contributed by atoms with van der Waals surface area (Å²) < 4.78 is 15.7. The Morgan fingerprint density at radius 1 is 0.964 bits per heavy atom. The zero-order valence-electron chi connectivity index (χ0n) is 16.8. The number of benzene rings is 2. The van der Waals surface area contributed by atoms with E-state index in [1.165, 1.54) is 5.56 Å². The molecule has 0 saturated heterocycles. The van der Waals surface area contributed by atoms with Gasteiger partial charge in [0.25, 0.3) is 5.91 Å². The molecule has 1 atom stereocenters. The summed E-state index contributed by atoms with van der Waals surface area (Å²) in [5.74, 6) is 0.514. The molecular formula is C22H27NO5. The highest BCUT2D eigenvalue weighted by atomic mass is 16.5. The predicted octanol–water partition coefficient (Wildman–Crippen LogP) is 3.77. The Morgan fingerprint density at radius 3 is 2.11 bits per heavy atom. The summed E-state index contributed by atoms with van der Waals surface area (Å²) in [6.45, 7) is 3.62. The lowest BCUT2D eigenvalue weighted by Crippen LogP contribution is -2.30. The van der Waals surface area contributed by atoms with Gasteiger partial charge < -0.3 is 19.5 Å². The van der Waals surface area contributed by atoms with Gasteiger partial charge in [-0.05, 0) is 55.2 Å². The van der Waals surface area contributed by atoms with E-state index in [0.717, 1.165) is 12.0 Å². The van der Waals surface area contributed by atoms with Crippen LogP contribution in [0.15, 0.2) is 42.5 Å². The average Bonchev–Trinajstić information content (AvgIpc) is 2.72. The Kier molecular flexibility index (Phi) is 7.87. The Morgan fingerprint density at radius 2 is 1.57 bits per heavy atom. The summed E-state index contributed by atoms with van der Waals surface area (Å²) in [6.07, 6.45) is 0.665. The van der Waals surface area contributed by atoms with E-state index in [9.17, 15) is 9.59 Å². The van der Waals surface area contributed by atoms with Crippen molar-refractivity contribution in [1.82, 2.24) is 0 Å².